The Bertz CT molecular complexity index is 962. The first-order chi connectivity index (χ1) is 12.3. The monoisotopic (exact) mass is 357 g/mol. The summed E-state index contributed by atoms with van der Waals surface area (Å²) in [6.07, 6.45) is 2.99. The smallest absolute Gasteiger partial charge is 0.251 e. The third-order valence-electron chi connectivity index (χ3n) is 4.26. The van der Waals surface area contributed by atoms with Crippen molar-refractivity contribution in [1.29, 1.82) is 0 Å². The maximum absolute atomic E-state index is 12.3. The molecule has 1 fully saturated rings. The van der Waals surface area contributed by atoms with E-state index in [0.29, 0.717) is 35.9 Å². The van der Waals surface area contributed by atoms with Gasteiger partial charge >= 0.3 is 0 Å². The van der Waals surface area contributed by atoms with Crippen molar-refractivity contribution in [3.63, 3.8) is 0 Å². The number of hydrogen-bond donors (Lipinski definition) is 1. The highest BCUT2D eigenvalue weighted by Gasteiger charge is 2.30. The van der Waals surface area contributed by atoms with Gasteiger partial charge in [-0.3, -0.25) is 4.79 Å². The molecule has 0 spiro atoms. The number of carbonyl (C=O) groups excluding carboxylic acids is 1. The highest BCUT2D eigenvalue weighted by molar-refractivity contribution is 7.16. The number of carbonyl (C=O) groups is 1. The molecule has 128 valence electrons. The quantitative estimate of drug-likeness (QED) is 0.748. The van der Waals surface area contributed by atoms with Crippen LogP contribution in [-0.4, -0.2) is 39.1 Å². The van der Waals surface area contributed by atoms with Crippen molar-refractivity contribution in [3.8, 4) is 11.5 Å². The van der Waals surface area contributed by atoms with E-state index in [1.807, 2.05) is 4.52 Å². The van der Waals surface area contributed by atoms with Crippen molar-refractivity contribution in [1.82, 2.24) is 25.1 Å². The van der Waals surface area contributed by atoms with Gasteiger partial charge < -0.3 is 14.8 Å². The Morgan fingerprint density at radius 3 is 3.04 bits per heavy atom. The summed E-state index contributed by atoms with van der Waals surface area (Å²) in [5.41, 5.74) is 0.554. The first-order valence-corrected chi connectivity index (χ1v) is 8.98. The van der Waals surface area contributed by atoms with Crippen LogP contribution in [0.25, 0.3) is 4.96 Å². The standard InChI is InChI=1S/C16H15N5O3S/c22-15(10-3-4-11-12(7-10)24-8-23-11)17-6-5-13-20-21-14(9-1-2-9)18-19-16(21)25-13/h3-4,7,9H,1-2,5-6,8H2,(H,17,22). The van der Waals surface area contributed by atoms with E-state index in [4.69, 9.17) is 9.47 Å². The van der Waals surface area contributed by atoms with Gasteiger partial charge in [-0.25, -0.2) is 0 Å². The molecule has 3 heterocycles. The third-order valence-corrected chi connectivity index (χ3v) is 5.22. The zero-order chi connectivity index (χ0) is 16.8. The summed E-state index contributed by atoms with van der Waals surface area (Å²) in [4.78, 5) is 13.1. The molecule has 1 N–H and O–H groups in total. The number of nitrogens with one attached hydrogen (secondary N) is 1. The molecule has 25 heavy (non-hydrogen) atoms. The summed E-state index contributed by atoms with van der Waals surface area (Å²) in [5, 5.41) is 16.8. The fraction of sp³-hybridized carbons (Fsp3) is 0.375. The van der Waals surface area contributed by atoms with Crippen LogP contribution in [-0.2, 0) is 6.42 Å². The highest BCUT2D eigenvalue weighted by Crippen LogP contribution is 2.39. The van der Waals surface area contributed by atoms with Crippen LogP contribution >= 0.6 is 11.3 Å². The molecule has 1 aromatic carbocycles. The second-order valence-corrected chi connectivity index (χ2v) is 7.14. The van der Waals surface area contributed by atoms with Crippen LogP contribution in [0.1, 0.15) is 39.9 Å². The Morgan fingerprint density at radius 2 is 2.16 bits per heavy atom. The molecular formula is C16H15N5O3S. The van der Waals surface area contributed by atoms with Crippen molar-refractivity contribution in [2.75, 3.05) is 13.3 Å². The van der Waals surface area contributed by atoms with Crippen LogP contribution in [0, 0.1) is 0 Å². The fourth-order valence-corrected chi connectivity index (χ4v) is 3.63. The summed E-state index contributed by atoms with van der Waals surface area (Å²) in [6.45, 7) is 0.708. The maximum Gasteiger partial charge on any atom is 0.251 e. The molecule has 0 unspecified atom stereocenters. The summed E-state index contributed by atoms with van der Waals surface area (Å²) in [5.74, 6) is 2.61. The van der Waals surface area contributed by atoms with Crippen molar-refractivity contribution >= 4 is 22.2 Å². The molecule has 8 nitrogen and oxygen atoms in total. The second kappa shape index (κ2) is 5.69. The van der Waals surface area contributed by atoms with Crippen molar-refractivity contribution < 1.29 is 14.3 Å². The lowest BCUT2D eigenvalue weighted by atomic mass is 10.2. The Labute approximate surface area is 146 Å². The first kappa shape index (κ1) is 14.6. The second-order valence-electron chi connectivity index (χ2n) is 6.10. The Hall–Kier alpha value is -2.68. The molecule has 0 bridgehead atoms. The normalized spacial score (nSPS) is 15.7. The molecule has 9 heteroatoms. The Morgan fingerprint density at radius 1 is 1.28 bits per heavy atom. The number of nitrogens with zero attached hydrogens (tertiary/aromatic N) is 4. The minimum atomic E-state index is -0.139. The summed E-state index contributed by atoms with van der Waals surface area (Å²) in [7, 11) is 0. The van der Waals surface area contributed by atoms with E-state index in [9.17, 15) is 4.79 Å². The van der Waals surface area contributed by atoms with E-state index in [1.165, 1.54) is 24.2 Å². The number of aromatic nitrogens is 4. The van der Waals surface area contributed by atoms with E-state index in [0.717, 1.165) is 15.8 Å². The number of ether oxygens (including phenoxy) is 2. The minimum absolute atomic E-state index is 0.139. The number of hydrogen-bond acceptors (Lipinski definition) is 7. The van der Waals surface area contributed by atoms with Gasteiger partial charge in [0.05, 0.1) is 0 Å². The predicted octanol–water partition coefficient (Wildman–Crippen LogP) is 1.76. The fourth-order valence-electron chi connectivity index (χ4n) is 2.79. The number of fused-ring (bicyclic) bond motifs is 2. The van der Waals surface area contributed by atoms with Gasteiger partial charge in [-0.15, -0.1) is 10.2 Å². The average molecular weight is 357 g/mol. The Balaban J connectivity index is 1.22. The molecule has 5 rings (SSSR count). The lowest BCUT2D eigenvalue weighted by molar-refractivity contribution is 0.0953. The van der Waals surface area contributed by atoms with Gasteiger partial charge in [-0.05, 0) is 31.0 Å². The van der Waals surface area contributed by atoms with Gasteiger partial charge in [-0.2, -0.15) is 9.61 Å². The van der Waals surface area contributed by atoms with Crippen LogP contribution in [0.5, 0.6) is 11.5 Å². The lowest BCUT2D eigenvalue weighted by Crippen LogP contribution is -2.25. The molecule has 1 saturated carbocycles. The SMILES string of the molecule is O=C(NCCc1nn2c(C3CC3)nnc2s1)c1ccc2c(c1)OCO2. The van der Waals surface area contributed by atoms with Crippen LogP contribution in [0.4, 0.5) is 0 Å². The molecule has 0 radical (unpaired) electrons. The van der Waals surface area contributed by atoms with Crippen LogP contribution in [0.15, 0.2) is 18.2 Å². The van der Waals surface area contributed by atoms with Gasteiger partial charge in [0, 0.05) is 24.4 Å². The van der Waals surface area contributed by atoms with Crippen LogP contribution < -0.4 is 14.8 Å². The van der Waals surface area contributed by atoms with E-state index in [2.05, 4.69) is 20.6 Å². The number of benzene rings is 1. The summed E-state index contributed by atoms with van der Waals surface area (Å²) < 4.78 is 12.4. The van der Waals surface area contributed by atoms with Crippen molar-refractivity contribution in [2.24, 2.45) is 0 Å². The molecule has 1 aliphatic carbocycles. The number of rotatable bonds is 5. The van der Waals surface area contributed by atoms with Gasteiger partial charge in [0.25, 0.3) is 5.91 Å². The zero-order valence-corrected chi connectivity index (χ0v) is 14.1. The van der Waals surface area contributed by atoms with Crippen molar-refractivity contribution in [3.05, 3.63) is 34.6 Å². The highest BCUT2D eigenvalue weighted by atomic mass is 32.1. The molecule has 1 amide bonds. The Kier molecular flexibility index (Phi) is 3.34. The van der Waals surface area contributed by atoms with E-state index in [-0.39, 0.29) is 12.7 Å². The largest absolute Gasteiger partial charge is 0.454 e. The molecule has 0 saturated heterocycles. The summed E-state index contributed by atoms with van der Waals surface area (Å²) >= 11 is 1.52. The van der Waals surface area contributed by atoms with E-state index in [1.54, 1.807) is 18.2 Å². The van der Waals surface area contributed by atoms with Gasteiger partial charge in [0.2, 0.25) is 11.8 Å². The van der Waals surface area contributed by atoms with Crippen LogP contribution in [0.2, 0.25) is 0 Å². The predicted molar refractivity (Wildman–Crippen MR) is 89.2 cm³/mol. The summed E-state index contributed by atoms with van der Waals surface area (Å²) in [6, 6.07) is 5.18. The minimum Gasteiger partial charge on any atom is -0.454 e. The molecule has 1 aliphatic heterocycles. The average Bonchev–Trinajstić information content (AvgIpc) is 3.04. The van der Waals surface area contributed by atoms with Gasteiger partial charge in [0.1, 0.15) is 5.01 Å². The lowest BCUT2D eigenvalue weighted by Gasteiger charge is -2.04. The first-order valence-electron chi connectivity index (χ1n) is 8.17. The molecule has 2 aliphatic rings. The zero-order valence-electron chi connectivity index (χ0n) is 13.3. The molecule has 0 atom stereocenters. The van der Waals surface area contributed by atoms with E-state index < -0.39 is 0 Å². The molecule has 3 aromatic rings. The van der Waals surface area contributed by atoms with Crippen LogP contribution in [0.3, 0.4) is 0 Å². The third kappa shape index (κ3) is 2.70. The van der Waals surface area contributed by atoms with Gasteiger partial charge in [-0.1, -0.05) is 11.3 Å². The van der Waals surface area contributed by atoms with E-state index >= 15 is 0 Å². The topological polar surface area (TPSA) is 90.6 Å². The molecule has 2 aromatic heterocycles. The van der Waals surface area contributed by atoms with Crippen molar-refractivity contribution in [2.45, 2.75) is 25.2 Å². The number of amides is 1. The maximum atomic E-state index is 12.3. The van der Waals surface area contributed by atoms with Gasteiger partial charge in [0.15, 0.2) is 17.3 Å². The molecular weight excluding hydrogens is 342 g/mol.